The monoisotopic (exact) mass is 476 g/mol. The average Bonchev–Trinajstić information content (AvgIpc) is 2.84. The summed E-state index contributed by atoms with van der Waals surface area (Å²) in [6, 6.07) is 3.10. The van der Waals surface area contributed by atoms with Crippen LogP contribution >= 0.6 is 0 Å². The van der Waals surface area contributed by atoms with Gasteiger partial charge in [0.05, 0.1) is 6.10 Å². The fourth-order valence-corrected chi connectivity index (χ4v) is 6.85. The maximum atomic E-state index is 14.8. The highest BCUT2D eigenvalue weighted by atomic mass is 19.1. The van der Waals surface area contributed by atoms with Crippen molar-refractivity contribution in [3.8, 4) is 5.75 Å². The summed E-state index contributed by atoms with van der Waals surface area (Å²) in [7, 11) is 0. The number of halogens is 2. The predicted molar refractivity (Wildman–Crippen MR) is 139 cm³/mol. The van der Waals surface area contributed by atoms with Crippen LogP contribution in [0.25, 0.3) is 0 Å². The molecule has 0 bridgehead atoms. The first-order chi connectivity index (χ1) is 16.4. The van der Waals surface area contributed by atoms with Crippen molar-refractivity contribution in [3.63, 3.8) is 0 Å². The number of hydrogen-bond acceptors (Lipinski definition) is 1. The first-order valence-electron chi connectivity index (χ1n) is 14.6. The van der Waals surface area contributed by atoms with E-state index in [1.807, 2.05) is 6.92 Å². The Labute approximate surface area is 208 Å². The van der Waals surface area contributed by atoms with Gasteiger partial charge < -0.3 is 4.74 Å². The van der Waals surface area contributed by atoms with Crippen molar-refractivity contribution in [2.75, 3.05) is 0 Å². The number of hydrogen-bond donors (Lipinski definition) is 0. The van der Waals surface area contributed by atoms with Gasteiger partial charge in [-0.2, -0.15) is 0 Å². The van der Waals surface area contributed by atoms with Gasteiger partial charge >= 0.3 is 0 Å². The van der Waals surface area contributed by atoms with Crippen molar-refractivity contribution in [1.82, 2.24) is 0 Å². The van der Waals surface area contributed by atoms with Gasteiger partial charge in [-0.3, -0.25) is 0 Å². The Hall–Kier alpha value is -1.12. The van der Waals surface area contributed by atoms with E-state index in [4.69, 9.17) is 4.74 Å². The smallest absolute Gasteiger partial charge is 0.191 e. The first-order valence-corrected chi connectivity index (χ1v) is 14.6. The van der Waals surface area contributed by atoms with Crippen LogP contribution in [0.1, 0.15) is 135 Å². The van der Waals surface area contributed by atoms with Crippen LogP contribution < -0.4 is 4.74 Å². The third-order valence-electron chi connectivity index (χ3n) is 9.08. The van der Waals surface area contributed by atoms with Gasteiger partial charge in [0.2, 0.25) is 0 Å². The van der Waals surface area contributed by atoms with E-state index in [2.05, 4.69) is 20.8 Å². The van der Waals surface area contributed by atoms with Crippen LogP contribution in [0.2, 0.25) is 0 Å². The molecule has 0 N–H and O–H groups in total. The third kappa shape index (κ3) is 7.69. The lowest BCUT2D eigenvalue weighted by molar-refractivity contribution is 0.135. The molecule has 2 aliphatic rings. The van der Waals surface area contributed by atoms with E-state index >= 15 is 0 Å². The molecule has 2 atom stereocenters. The number of unbranched alkanes of at least 4 members (excludes halogenated alkanes) is 3. The summed E-state index contributed by atoms with van der Waals surface area (Å²) in [4.78, 5) is 0. The Morgan fingerprint density at radius 1 is 0.765 bits per heavy atom. The normalized spacial score (nSPS) is 27.4. The Morgan fingerprint density at radius 3 is 1.91 bits per heavy atom. The first kappa shape index (κ1) is 27.5. The van der Waals surface area contributed by atoms with Crippen LogP contribution in [-0.2, 0) is 0 Å². The highest BCUT2D eigenvalue weighted by Gasteiger charge is 2.33. The molecule has 1 nitrogen and oxygen atoms in total. The molecule has 3 rings (SSSR count). The molecule has 34 heavy (non-hydrogen) atoms. The largest absolute Gasteiger partial charge is 0.485 e. The lowest BCUT2D eigenvalue weighted by Gasteiger charge is -2.39. The van der Waals surface area contributed by atoms with Gasteiger partial charge in [-0.15, -0.1) is 0 Å². The molecule has 0 saturated heterocycles. The van der Waals surface area contributed by atoms with Crippen LogP contribution in [0.3, 0.4) is 0 Å². The van der Waals surface area contributed by atoms with Crippen molar-refractivity contribution >= 4 is 0 Å². The second-order valence-corrected chi connectivity index (χ2v) is 11.6. The fourth-order valence-electron chi connectivity index (χ4n) is 6.85. The van der Waals surface area contributed by atoms with E-state index in [0.717, 1.165) is 61.3 Å². The Bertz CT molecular complexity index is 693. The van der Waals surface area contributed by atoms with E-state index in [1.54, 1.807) is 12.1 Å². The molecule has 0 radical (unpaired) electrons. The molecule has 0 heterocycles. The van der Waals surface area contributed by atoms with E-state index in [-0.39, 0.29) is 17.8 Å². The summed E-state index contributed by atoms with van der Waals surface area (Å²) >= 11 is 0. The molecule has 3 heteroatoms. The summed E-state index contributed by atoms with van der Waals surface area (Å²) < 4.78 is 35.3. The van der Waals surface area contributed by atoms with Crippen molar-refractivity contribution in [3.05, 3.63) is 29.3 Å². The van der Waals surface area contributed by atoms with Crippen LogP contribution in [0.4, 0.5) is 8.78 Å². The minimum absolute atomic E-state index is 0.165. The van der Waals surface area contributed by atoms with Gasteiger partial charge in [0.25, 0.3) is 0 Å². The second kappa shape index (κ2) is 13.8. The molecular weight excluding hydrogens is 426 g/mol. The van der Waals surface area contributed by atoms with Crippen LogP contribution in [0, 0.1) is 35.3 Å². The van der Waals surface area contributed by atoms with Crippen molar-refractivity contribution in [2.24, 2.45) is 23.7 Å². The van der Waals surface area contributed by atoms with Gasteiger partial charge in [-0.25, -0.2) is 8.78 Å². The standard InChI is InChI=1S/C31H50F2O/c1-5-7-8-9-11-23(4)34-31-29(32)20-28(21-30(31)33)27-18-16-26(17-19-27)25-14-12-24(13-15-25)22(3)10-6-2/h20-27H,5-19H2,1-4H3. The molecule has 2 aliphatic carbocycles. The quantitative estimate of drug-likeness (QED) is 0.273. The Morgan fingerprint density at radius 2 is 1.35 bits per heavy atom. The molecule has 0 aliphatic heterocycles. The second-order valence-electron chi connectivity index (χ2n) is 11.6. The van der Waals surface area contributed by atoms with Gasteiger partial charge in [0.15, 0.2) is 17.4 Å². The maximum absolute atomic E-state index is 14.8. The minimum atomic E-state index is -0.531. The third-order valence-corrected chi connectivity index (χ3v) is 9.08. The predicted octanol–water partition coefficient (Wildman–Crippen LogP) is 10.2. The summed E-state index contributed by atoms with van der Waals surface area (Å²) in [6.07, 6.45) is 18.0. The van der Waals surface area contributed by atoms with Gasteiger partial charge in [-0.1, -0.05) is 52.9 Å². The van der Waals surface area contributed by atoms with Crippen LogP contribution in [-0.4, -0.2) is 6.10 Å². The number of benzene rings is 1. The van der Waals surface area contributed by atoms with Gasteiger partial charge in [0.1, 0.15) is 0 Å². The summed E-state index contributed by atoms with van der Waals surface area (Å²) in [5.74, 6) is 2.52. The summed E-state index contributed by atoms with van der Waals surface area (Å²) in [5, 5.41) is 0. The van der Waals surface area contributed by atoms with E-state index in [1.165, 1.54) is 64.2 Å². The molecular formula is C31H50F2O. The zero-order valence-corrected chi connectivity index (χ0v) is 22.4. The van der Waals surface area contributed by atoms with E-state index in [9.17, 15) is 8.78 Å². The molecule has 0 amide bonds. The molecule has 1 aromatic rings. The van der Waals surface area contributed by atoms with Crippen LogP contribution in [0.15, 0.2) is 12.1 Å². The lowest BCUT2D eigenvalue weighted by Crippen LogP contribution is -2.27. The fraction of sp³-hybridized carbons (Fsp3) is 0.806. The van der Waals surface area contributed by atoms with Crippen molar-refractivity contribution < 1.29 is 13.5 Å². The van der Waals surface area contributed by atoms with Crippen molar-refractivity contribution in [2.45, 2.75) is 136 Å². The van der Waals surface area contributed by atoms with Crippen LogP contribution in [0.5, 0.6) is 5.75 Å². The zero-order valence-electron chi connectivity index (χ0n) is 22.4. The molecule has 0 aromatic heterocycles. The minimum Gasteiger partial charge on any atom is -0.485 e. The molecule has 194 valence electrons. The molecule has 1 aromatic carbocycles. The Kier molecular flexibility index (Phi) is 11.2. The SMILES string of the molecule is CCCCCCC(C)Oc1c(F)cc(C2CCC(C3CCC(C(C)CCC)CC3)CC2)cc1F. The number of rotatable bonds is 12. The summed E-state index contributed by atoms with van der Waals surface area (Å²) in [5.41, 5.74) is 0.827. The zero-order chi connectivity index (χ0) is 24.5. The Balaban J connectivity index is 1.48. The summed E-state index contributed by atoms with van der Waals surface area (Å²) in [6.45, 7) is 8.84. The van der Waals surface area contributed by atoms with Gasteiger partial charge in [0, 0.05) is 0 Å². The molecule has 0 spiro atoms. The highest BCUT2D eigenvalue weighted by Crippen LogP contribution is 2.45. The molecule has 2 saturated carbocycles. The average molecular weight is 477 g/mol. The van der Waals surface area contributed by atoms with Gasteiger partial charge in [-0.05, 0) is 118 Å². The highest BCUT2D eigenvalue weighted by molar-refractivity contribution is 5.33. The molecule has 2 fully saturated rings. The van der Waals surface area contributed by atoms with E-state index in [0.29, 0.717) is 0 Å². The molecule has 2 unspecified atom stereocenters. The lowest BCUT2D eigenvalue weighted by atomic mass is 9.66. The van der Waals surface area contributed by atoms with Crippen molar-refractivity contribution in [1.29, 1.82) is 0 Å². The number of ether oxygens (including phenoxy) is 1. The topological polar surface area (TPSA) is 9.23 Å². The van der Waals surface area contributed by atoms with E-state index < -0.39 is 11.6 Å². The maximum Gasteiger partial charge on any atom is 0.191 e.